The fourth-order valence-corrected chi connectivity index (χ4v) is 3.15. The van der Waals surface area contributed by atoms with Gasteiger partial charge in [0.25, 0.3) is 0 Å². The molecule has 124 valence electrons. The van der Waals surface area contributed by atoms with Crippen LogP contribution in [0.3, 0.4) is 0 Å². The molecule has 3 aromatic rings. The van der Waals surface area contributed by atoms with E-state index in [1.54, 1.807) is 16.0 Å². The third kappa shape index (κ3) is 3.63. The first-order valence-corrected chi connectivity index (χ1v) is 8.86. The topological polar surface area (TPSA) is 55.2 Å². The predicted molar refractivity (Wildman–Crippen MR) is 101 cm³/mol. The summed E-state index contributed by atoms with van der Waals surface area (Å²) in [6.07, 6.45) is 1.92. The number of H-pyrrole nitrogens is 1. The van der Waals surface area contributed by atoms with Crippen LogP contribution in [0.4, 0.5) is 0 Å². The van der Waals surface area contributed by atoms with Gasteiger partial charge in [0, 0.05) is 5.56 Å². The molecule has 0 aliphatic heterocycles. The van der Waals surface area contributed by atoms with E-state index in [-0.39, 0.29) is 6.10 Å². The Morgan fingerprint density at radius 3 is 2.92 bits per heavy atom. The summed E-state index contributed by atoms with van der Waals surface area (Å²) < 4.78 is 7.83. The number of rotatable bonds is 5. The van der Waals surface area contributed by atoms with E-state index in [0.29, 0.717) is 10.6 Å². The molecule has 0 saturated heterocycles. The maximum atomic E-state index is 5.75. The minimum absolute atomic E-state index is 0.112. The average molecular weight is 358 g/mol. The molecule has 0 bridgehead atoms. The van der Waals surface area contributed by atoms with Crippen molar-refractivity contribution in [2.45, 2.75) is 26.9 Å². The molecule has 2 aromatic heterocycles. The zero-order valence-corrected chi connectivity index (χ0v) is 15.3. The van der Waals surface area contributed by atoms with Crippen LogP contribution in [0.5, 0.6) is 5.75 Å². The second-order valence-electron chi connectivity index (χ2n) is 5.57. The van der Waals surface area contributed by atoms with Crippen molar-refractivity contribution in [3.63, 3.8) is 0 Å². The lowest BCUT2D eigenvalue weighted by molar-refractivity contribution is 0.242. The van der Waals surface area contributed by atoms with E-state index in [9.17, 15) is 0 Å². The van der Waals surface area contributed by atoms with E-state index in [1.807, 2.05) is 49.7 Å². The van der Waals surface area contributed by atoms with Crippen molar-refractivity contribution in [3.8, 4) is 17.1 Å². The van der Waals surface area contributed by atoms with Gasteiger partial charge in [-0.2, -0.15) is 14.9 Å². The zero-order valence-electron chi connectivity index (χ0n) is 13.7. The third-order valence-electron chi connectivity index (χ3n) is 3.31. The first-order valence-electron chi connectivity index (χ1n) is 7.57. The SMILES string of the molecule is Cc1ccsc1/C=N\n1c(-c2cccc(OC(C)C)c2)n[nH]c1=S. The van der Waals surface area contributed by atoms with Crippen molar-refractivity contribution in [2.24, 2.45) is 5.10 Å². The van der Waals surface area contributed by atoms with Gasteiger partial charge >= 0.3 is 0 Å². The van der Waals surface area contributed by atoms with Crippen molar-refractivity contribution >= 4 is 29.8 Å². The van der Waals surface area contributed by atoms with Crippen molar-refractivity contribution in [2.75, 3.05) is 0 Å². The molecule has 0 amide bonds. The van der Waals surface area contributed by atoms with Gasteiger partial charge in [-0.1, -0.05) is 12.1 Å². The second-order valence-corrected chi connectivity index (χ2v) is 6.91. The predicted octanol–water partition coefficient (Wildman–Crippen LogP) is 4.65. The molecule has 1 aromatic carbocycles. The molecule has 0 spiro atoms. The number of thiophene rings is 1. The highest BCUT2D eigenvalue weighted by molar-refractivity contribution is 7.71. The fraction of sp³-hybridized carbons (Fsp3) is 0.235. The first-order chi connectivity index (χ1) is 11.5. The molecule has 1 N–H and O–H groups in total. The van der Waals surface area contributed by atoms with Crippen LogP contribution in [0.1, 0.15) is 24.3 Å². The monoisotopic (exact) mass is 358 g/mol. The highest BCUT2D eigenvalue weighted by Crippen LogP contribution is 2.23. The fourth-order valence-electron chi connectivity index (χ4n) is 2.19. The Morgan fingerprint density at radius 1 is 1.38 bits per heavy atom. The molecule has 0 aliphatic rings. The van der Waals surface area contributed by atoms with Gasteiger partial charge in [0.1, 0.15) is 5.75 Å². The van der Waals surface area contributed by atoms with Crippen LogP contribution >= 0.6 is 23.6 Å². The maximum Gasteiger partial charge on any atom is 0.216 e. The van der Waals surface area contributed by atoms with E-state index < -0.39 is 0 Å². The van der Waals surface area contributed by atoms with Crippen LogP contribution < -0.4 is 4.74 Å². The van der Waals surface area contributed by atoms with Crippen LogP contribution in [0.2, 0.25) is 0 Å². The van der Waals surface area contributed by atoms with Crippen LogP contribution in [0.25, 0.3) is 11.4 Å². The average Bonchev–Trinajstić information content (AvgIpc) is 3.11. The molecule has 3 rings (SSSR count). The van der Waals surface area contributed by atoms with Gasteiger partial charge in [-0.25, -0.2) is 5.10 Å². The number of aryl methyl sites for hydroxylation is 1. The number of benzene rings is 1. The summed E-state index contributed by atoms with van der Waals surface area (Å²) in [5.74, 6) is 1.45. The van der Waals surface area contributed by atoms with Gasteiger partial charge in [0.2, 0.25) is 4.77 Å². The van der Waals surface area contributed by atoms with Crippen LogP contribution in [0.15, 0.2) is 40.8 Å². The van der Waals surface area contributed by atoms with Gasteiger partial charge in [0.15, 0.2) is 5.82 Å². The van der Waals surface area contributed by atoms with Crippen molar-refractivity contribution in [1.29, 1.82) is 0 Å². The lowest BCUT2D eigenvalue weighted by atomic mass is 10.2. The summed E-state index contributed by atoms with van der Waals surface area (Å²) in [7, 11) is 0. The van der Waals surface area contributed by atoms with Crippen molar-refractivity contribution < 1.29 is 4.74 Å². The van der Waals surface area contributed by atoms with E-state index in [0.717, 1.165) is 16.2 Å². The normalized spacial score (nSPS) is 11.5. The summed E-state index contributed by atoms with van der Waals surface area (Å²) in [6.45, 7) is 6.05. The molecule has 2 heterocycles. The Bertz CT molecular complexity index is 921. The van der Waals surface area contributed by atoms with E-state index in [1.165, 1.54) is 5.56 Å². The Hall–Kier alpha value is -2.25. The number of aromatic amines is 1. The number of ether oxygens (including phenoxy) is 1. The molecule has 0 unspecified atom stereocenters. The minimum Gasteiger partial charge on any atom is -0.491 e. The summed E-state index contributed by atoms with van der Waals surface area (Å²) >= 11 is 6.95. The first kappa shape index (κ1) is 16.6. The standard InChI is InChI=1S/C17H18N4OS2/c1-11(2)22-14-6-4-5-13(9-14)16-19-20-17(23)21(16)18-10-15-12(3)7-8-24-15/h4-11H,1-3H3,(H,20,23)/b18-10-. The molecule has 0 radical (unpaired) electrons. The van der Waals surface area contributed by atoms with Crippen LogP contribution in [-0.4, -0.2) is 27.2 Å². The van der Waals surface area contributed by atoms with Crippen LogP contribution in [0, 0.1) is 11.7 Å². The second kappa shape index (κ2) is 7.11. The zero-order chi connectivity index (χ0) is 17.1. The number of hydrogen-bond acceptors (Lipinski definition) is 5. The lowest BCUT2D eigenvalue weighted by Gasteiger charge is -2.10. The Balaban J connectivity index is 1.97. The number of hydrogen-bond donors (Lipinski definition) is 1. The number of nitrogens with zero attached hydrogens (tertiary/aromatic N) is 3. The molecule has 7 heteroatoms. The van der Waals surface area contributed by atoms with Crippen LogP contribution in [-0.2, 0) is 0 Å². The van der Waals surface area contributed by atoms with Gasteiger partial charge in [-0.15, -0.1) is 11.3 Å². The lowest BCUT2D eigenvalue weighted by Crippen LogP contribution is -2.05. The largest absolute Gasteiger partial charge is 0.491 e. The van der Waals surface area contributed by atoms with Gasteiger partial charge < -0.3 is 4.74 Å². The minimum atomic E-state index is 0.112. The van der Waals surface area contributed by atoms with Gasteiger partial charge in [-0.3, -0.25) is 0 Å². The quantitative estimate of drug-likeness (QED) is 0.534. The molecule has 0 saturated carbocycles. The molecule has 0 fully saturated rings. The highest BCUT2D eigenvalue weighted by Gasteiger charge is 2.10. The summed E-state index contributed by atoms with van der Waals surface area (Å²) in [6, 6.07) is 9.82. The number of aromatic nitrogens is 3. The molecule has 24 heavy (non-hydrogen) atoms. The van der Waals surface area contributed by atoms with Crippen molar-refractivity contribution in [3.05, 3.63) is 50.9 Å². The summed E-state index contributed by atoms with van der Waals surface area (Å²) in [5.41, 5.74) is 2.08. The molecule has 5 nitrogen and oxygen atoms in total. The van der Waals surface area contributed by atoms with Gasteiger partial charge in [-0.05, 0) is 62.1 Å². The van der Waals surface area contributed by atoms with E-state index in [2.05, 4.69) is 28.3 Å². The molecular formula is C17H18N4OS2. The van der Waals surface area contributed by atoms with Gasteiger partial charge in [0.05, 0.1) is 17.2 Å². The molecule has 0 atom stereocenters. The smallest absolute Gasteiger partial charge is 0.216 e. The molecule has 0 aliphatic carbocycles. The Morgan fingerprint density at radius 2 is 2.21 bits per heavy atom. The Labute approximate surface area is 149 Å². The Kier molecular flexibility index (Phi) is 4.92. The summed E-state index contributed by atoms with van der Waals surface area (Å²) in [5, 5.41) is 13.7. The third-order valence-corrected chi connectivity index (χ3v) is 4.52. The maximum absolute atomic E-state index is 5.75. The van der Waals surface area contributed by atoms with E-state index in [4.69, 9.17) is 17.0 Å². The molecular weight excluding hydrogens is 340 g/mol. The summed E-state index contributed by atoms with van der Waals surface area (Å²) in [4.78, 5) is 1.10. The number of nitrogens with one attached hydrogen (secondary N) is 1. The highest BCUT2D eigenvalue weighted by atomic mass is 32.1. The van der Waals surface area contributed by atoms with E-state index >= 15 is 0 Å². The van der Waals surface area contributed by atoms with Crippen molar-refractivity contribution in [1.82, 2.24) is 14.9 Å².